The molecule has 4 aromatic rings. The maximum Gasteiger partial charge on any atom is 0.338 e. The maximum atomic E-state index is 13.6. The molecule has 0 N–H and O–H groups in total. The number of aromatic nitrogens is 2. The molecule has 5 rings (SSSR count). The van der Waals surface area contributed by atoms with E-state index in [1.165, 1.54) is 31.5 Å². The lowest BCUT2D eigenvalue weighted by Crippen LogP contribution is -2.20. The first-order valence-electron chi connectivity index (χ1n) is 10.3. The molecule has 0 spiro atoms. The number of pyridine rings is 1. The molecule has 0 saturated heterocycles. The summed E-state index contributed by atoms with van der Waals surface area (Å²) in [5.74, 6) is 1.04. The number of nitrogens with zero attached hydrogens (tertiary/aromatic N) is 3. The summed E-state index contributed by atoms with van der Waals surface area (Å²) in [6.07, 6.45) is 2.26. The van der Waals surface area contributed by atoms with Crippen molar-refractivity contribution in [2.75, 3.05) is 32.3 Å². The number of fused-ring (bicyclic) bond motifs is 2. The summed E-state index contributed by atoms with van der Waals surface area (Å²) in [5, 5.41) is 0. The number of rotatable bonds is 4. The first kappa shape index (κ1) is 20.7. The minimum Gasteiger partial charge on any atom is -0.497 e. The van der Waals surface area contributed by atoms with Crippen LogP contribution in [0.2, 0.25) is 0 Å². The Kier molecular flexibility index (Phi) is 5.29. The highest BCUT2D eigenvalue weighted by molar-refractivity contribution is 5.97. The van der Waals surface area contributed by atoms with Gasteiger partial charge in [0.2, 0.25) is 5.89 Å². The Morgan fingerprint density at radius 2 is 2.03 bits per heavy atom. The van der Waals surface area contributed by atoms with E-state index < -0.39 is 11.8 Å². The number of anilines is 2. The summed E-state index contributed by atoms with van der Waals surface area (Å²) in [6, 6.07) is 11.2. The van der Waals surface area contributed by atoms with Gasteiger partial charge in [0.05, 0.1) is 37.6 Å². The SMILES string of the molecule is COC(=O)c1cc(N2CCCOc3ccc(OC)cc32)ncc1-c1nc2ccc(F)cc2o1. The minimum atomic E-state index is -0.570. The monoisotopic (exact) mass is 449 g/mol. The van der Waals surface area contributed by atoms with Crippen molar-refractivity contribution in [3.8, 4) is 23.0 Å². The summed E-state index contributed by atoms with van der Waals surface area (Å²) in [5.41, 5.74) is 2.09. The van der Waals surface area contributed by atoms with E-state index in [0.717, 1.165) is 12.1 Å². The molecule has 3 heterocycles. The number of hydrogen-bond donors (Lipinski definition) is 0. The van der Waals surface area contributed by atoms with Crippen LogP contribution < -0.4 is 14.4 Å². The number of ether oxygens (including phenoxy) is 3. The zero-order valence-corrected chi connectivity index (χ0v) is 18.0. The Morgan fingerprint density at radius 3 is 2.85 bits per heavy atom. The molecule has 0 saturated carbocycles. The van der Waals surface area contributed by atoms with Crippen LogP contribution >= 0.6 is 0 Å². The highest BCUT2D eigenvalue weighted by Crippen LogP contribution is 2.39. The average Bonchev–Trinajstić information content (AvgIpc) is 3.14. The molecule has 168 valence electrons. The van der Waals surface area contributed by atoms with Gasteiger partial charge in [0.15, 0.2) is 5.58 Å². The van der Waals surface area contributed by atoms with E-state index >= 15 is 0 Å². The van der Waals surface area contributed by atoms with Crippen LogP contribution in [-0.4, -0.2) is 43.3 Å². The Hall–Kier alpha value is -4.14. The number of oxazole rings is 1. The third-order valence-electron chi connectivity index (χ3n) is 5.39. The molecular formula is C24H20FN3O5. The fraction of sp³-hybridized carbons (Fsp3) is 0.208. The summed E-state index contributed by atoms with van der Waals surface area (Å²) >= 11 is 0. The highest BCUT2D eigenvalue weighted by atomic mass is 19.1. The Labute approximate surface area is 188 Å². The molecule has 8 nitrogen and oxygen atoms in total. The number of methoxy groups -OCH3 is 2. The average molecular weight is 449 g/mol. The maximum absolute atomic E-state index is 13.6. The molecule has 0 amide bonds. The molecule has 0 radical (unpaired) electrons. The first-order chi connectivity index (χ1) is 16.1. The summed E-state index contributed by atoms with van der Waals surface area (Å²) < 4.78 is 35.5. The third kappa shape index (κ3) is 3.82. The quantitative estimate of drug-likeness (QED) is 0.413. The van der Waals surface area contributed by atoms with Crippen LogP contribution in [-0.2, 0) is 4.74 Å². The topological polar surface area (TPSA) is 86.9 Å². The second kappa shape index (κ2) is 8.42. The number of halogens is 1. The fourth-order valence-electron chi connectivity index (χ4n) is 3.78. The van der Waals surface area contributed by atoms with E-state index in [-0.39, 0.29) is 17.0 Å². The number of carbonyl (C=O) groups is 1. The van der Waals surface area contributed by atoms with Crippen molar-refractivity contribution in [2.45, 2.75) is 6.42 Å². The molecule has 2 aromatic heterocycles. The zero-order valence-electron chi connectivity index (χ0n) is 18.0. The molecular weight excluding hydrogens is 429 g/mol. The van der Waals surface area contributed by atoms with Crippen molar-refractivity contribution >= 4 is 28.6 Å². The van der Waals surface area contributed by atoms with Gasteiger partial charge in [-0.15, -0.1) is 0 Å². The van der Waals surface area contributed by atoms with Crippen molar-refractivity contribution in [2.24, 2.45) is 0 Å². The van der Waals surface area contributed by atoms with E-state index in [1.54, 1.807) is 13.2 Å². The Morgan fingerprint density at radius 1 is 1.15 bits per heavy atom. The van der Waals surface area contributed by atoms with Gasteiger partial charge >= 0.3 is 5.97 Å². The van der Waals surface area contributed by atoms with Crippen LogP contribution in [0, 0.1) is 5.82 Å². The van der Waals surface area contributed by atoms with E-state index in [9.17, 15) is 9.18 Å². The van der Waals surface area contributed by atoms with E-state index in [1.807, 2.05) is 23.1 Å². The largest absolute Gasteiger partial charge is 0.497 e. The van der Waals surface area contributed by atoms with Crippen molar-refractivity contribution < 1.29 is 27.8 Å². The van der Waals surface area contributed by atoms with Crippen LogP contribution in [0.15, 0.2) is 53.1 Å². The zero-order chi connectivity index (χ0) is 22.9. The van der Waals surface area contributed by atoms with Crippen LogP contribution in [0.25, 0.3) is 22.6 Å². The summed E-state index contributed by atoms with van der Waals surface area (Å²) in [6.45, 7) is 1.17. The molecule has 0 unspecified atom stereocenters. The molecule has 1 aliphatic rings. The first-order valence-corrected chi connectivity index (χ1v) is 10.3. The van der Waals surface area contributed by atoms with Crippen LogP contribution in [0.4, 0.5) is 15.9 Å². The second-order valence-electron chi connectivity index (χ2n) is 7.40. The number of esters is 1. The van der Waals surface area contributed by atoms with Crippen LogP contribution in [0.5, 0.6) is 11.5 Å². The van der Waals surface area contributed by atoms with Crippen molar-refractivity contribution in [1.29, 1.82) is 0 Å². The lowest BCUT2D eigenvalue weighted by molar-refractivity contribution is 0.0601. The van der Waals surface area contributed by atoms with Gasteiger partial charge in [-0.3, -0.25) is 0 Å². The molecule has 33 heavy (non-hydrogen) atoms. The van der Waals surface area contributed by atoms with Crippen LogP contribution in [0.1, 0.15) is 16.8 Å². The van der Waals surface area contributed by atoms with Gasteiger partial charge in [-0.25, -0.2) is 19.2 Å². The van der Waals surface area contributed by atoms with Crippen molar-refractivity contribution in [3.63, 3.8) is 0 Å². The number of benzene rings is 2. The number of carbonyl (C=O) groups excluding carboxylic acids is 1. The number of hydrogen-bond acceptors (Lipinski definition) is 8. The predicted molar refractivity (Wildman–Crippen MR) is 119 cm³/mol. The van der Waals surface area contributed by atoms with E-state index in [2.05, 4.69) is 9.97 Å². The molecule has 0 bridgehead atoms. The van der Waals surface area contributed by atoms with Gasteiger partial charge in [-0.2, -0.15) is 0 Å². The van der Waals surface area contributed by atoms with Crippen LogP contribution in [0.3, 0.4) is 0 Å². The molecule has 0 fully saturated rings. The highest BCUT2D eigenvalue weighted by Gasteiger charge is 2.24. The molecule has 0 atom stereocenters. The van der Waals surface area contributed by atoms with Crippen molar-refractivity contribution in [1.82, 2.24) is 9.97 Å². The lowest BCUT2D eigenvalue weighted by atomic mass is 10.1. The lowest BCUT2D eigenvalue weighted by Gasteiger charge is -2.24. The normalized spacial score (nSPS) is 13.2. The van der Waals surface area contributed by atoms with Crippen molar-refractivity contribution in [3.05, 3.63) is 60.0 Å². The summed E-state index contributed by atoms with van der Waals surface area (Å²) in [7, 11) is 2.89. The standard InChI is InChI=1S/C24H20FN3O5/c1-30-15-5-7-20-19(11-15)28(8-3-9-32-20)22-12-16(24(29)31-2)17(13-26-22)23-27-18-6-4-14(25)10-21(18)33-23/h4-7,10-13H,3,8-9H2,1-2H3. The van der Waals surface area contributed by atoms with Gasteiger partial charge in [0.1, 0.15) is 28.7 Å². The van der Waals surface area contributed by atoms with Gasteiger partial charge in [-0.1, -0.05) is 0 Å². The Balaban J connectivity index is 1.63. The van der Waals surface area contributed by atoms with E-state index in [4.69, 9.17) is 18.6 Å². The van der Waals surface area contributed by atoms with E-state index in [0.29, 0.717) is 41.5 Å². The molecule has 0 aliphatic carbocycles. The fourth-order valence-corrected chi connectivity index (χ4v) is 3.78. The summed E-state index contributed by atoms with van der Waals surface area (Å²) in [4.78, 5) is 23.6. The predicted octanol–water partition coefficient (Wildman–Crippen LogP) is 4.74. The van der Waals surface area contributed by atoms with Gasteiger partial charge in [-0.05, 0) is 36.8 Å². The van der Waals surface area contributed by atoms with Gasteiger partial charge in [0, 0.05) is 24.9 Å². The Bertz CT molecular complexity index is 1350. The smallest absolute Gasteiger partial charge is 0.338 e. The molecule has 9 heteroatoms. The minimum absolute atomic E-state index is 0.149. The van der Waals surface area contributed by atoms with Gasteiger partial charge < -0.3 is 23.5 Å². The molecule has 1 aliphatic heterocycles. The second-order valence-corrected chi connectivity index (χ2v) is 7.40. The van der Waals surface area contributed by atoms with Gasteiger partial charge in [0.25, 0.3) is 0 Å². The molecule has 2 aromatic carbocycles. The third-order valence-corrected chi connectivity index (χ3v) is 5.39.